The molecule has 0 saturated carbocycles. The summed E-state index contributed by atoms with van der Waals surface area (Å²) in [5.74, 6) is 0. The van der Waals surface area contributed by atoms with E-state index >= 15 is 0 Å². The first-order valence-electron chi connectivity index (χ1n) is 3.76. The van der Waals surface area contributed by atoms with Crippen molar-refractivity contribution in [2.24, 2.45) is 5.16 Å². The van der Waals surface area contributed by atoms with E-state index in [1.54, 1.807) is 12.1 Å². The van der Waals surface area contributed by atoms with Gasteiger partial charge in [-0.1, -0.05) is 28.4 Å². The van der Waals surface area contributed by atoms with E-state index in [-0.39, 0.29) is 0 Å². The van der Waals surface area contributed by atoms with Gasteiger partial charge in [0.2, 0.25) is 0 Å². The number of hydrogen-bond donors (Lipinski definition) is 0. The molecule has 0 aliphatic carbocycles. The molecule has 1 rings (SSSR count). The van der Waals surface area contributed by atoms with Crippen molar-refractivity contribution in [3.8, 4) is 0 Å². The molecule has 1 aromatic rings. The van der Waals surface area contributed by atoms with E-state index in [4.69, 9.17) is 28.0 Å². The van der Waals surface area contributed by atoms with Crippen molar-refractivity contribution in [3.05, 3.63) is 33.8 Å². The Balaban J connectivity index is 2.77. The fraction of sp³-hybridized carbons (Fsp3) is 0.222. The van der Waals surface area contributed by atoms with Crippen LogP contribution in [-0.2, 0) is 4.84 Å². The maximum atomic E-state index is 5.86. The summed E-state index contributed by atoms with van der Waals surface area (Å²) in [6.45, 7) is 2.39. The Bertz CT molecular complexity index is 312. The Morgan fingerprint density at radius 1 is 1.62 bits per heavy atom. The molecule has 0 aliphatic rings. The van der Waals surface area contributed by atoms with Crippen LogP contribution in [0.25, 0.3) is 0 Å². The minimum atomic E-state index is 0.485. The van der Waals surface area contributed by atoms with Gasteiger partial charge < -0.3 is 4.84 Å². The van der Waals surface area contributed by atoms with E-state index in [2.05, 4.69) is 11.2 Å². The maximum Gasteiger partial charge on any atom is 0.114 e. The Kier molecular flexibility index (Phi) is 4.06. The van der Waals surface area contributed by atoms with Crippen LogP contribution in [0.1, 0.15) is 12.5 Å². The summed E-state index contributed by atoms with van der Waals surface area (Å²) in [7, 11) is 0. The lowest BCUT2D eigenvalue weighted by Gasteiger charge is -1.97. The van der Waals surface area contributed by atoms with Crippen LogP contribution in [-0.4, -0.2) is 12.8 Å². The van der Waals surface area contributed by atoms with Crippen LogP contribution >= 0.6 is 23.2 Å². The highest BCUT2D eigenvalue weighted by Crippen LogP contribution is 2.18. The van der Waals surface area contributed by atoms with E-state index in [0.29, 0.717) is 16.7 Å². The molecule has 0 spiro atoms. The molecule has 0 N–H and O–H groups in total. The SMILES string of the molecule is CCO/N=C/c1c[c]c(Cl)cc1Cl. The van der Waals surface area contributed by atoms with Crippen LogP contribution in [0.2, 0.25) is 10.0 Å². The largest absolute Gasteiger partial charge is 0.396 e. The molecule has 0 aromatic heterocycles. The lowest BCUT2D eigenvalue weighted by atomic mass is 10.2. The third kappa shape index (κ3) is 3.25. The molecule has 69 valence electrons. The van der Waals surface area contributed by atoms with Crippen molar-refractivity contribution in [3.63, 3.8) is 0 Å². The van der Waals surface area contributed by atoms with Gasteiger partial charge in [0.1, 0.15) is 6.61 Å². The van der Waals surface area contributed by atoms with Gasteiger partial charge in [-0.25, -0.2) is 0 Å². The normalized spacial score (nSPS) is 10.7. The molecule has 0 saturated heterocycles. The number of hydrogen-bond acceptors (Lipinski definition) is 2. The third-order valence-corrected chi connectivity index (χ3v) is 1.84. The third-order valence-electron chi connectivity index (χ3n) is 1.29. The monoisotopic (exact) mass is 216 g/mol. The molecule has 0 unspecified atom stereocenters. The van der Waals surface area contributed by atoms with Crippen LogP contribution in [0.4, 0.5) is 0 Å². The van der Waals surface area contributed by atoms with Gasteiger partial charge in [-0.3, -0.25) is 0 Å². The van der Waals surface area contributed by atoms with Crippen LogP contribution in [0, 0.1) is 6.07 Å². The molecule has 0 aliphatic heterocycles. The highest BCUT2D eigenvalue weighted by atomic mass is 35.5. The second-order valence-electron chi connectivity index (χ2n) is 2.24. The summed E-state index contributed by atoms with van der Waals surface area (Å²) in [5, 5.41) is 4.70. The molecule has 0 atom stereocenters. The number of halogens is 2. The van der Waals surface area contributed by atoms with Gasteiger partial charge in [0.25, 0.3) is 0 Å². The summed E-state index contributed by atoms with van der Waals surface area (Å²) in [5.41, 5.74) is 0.736. The number of rotatable bonds is 3. The zero-order chi connectivity index (χ0) is 9.68. The Labute approximate surface area is 87.1 Å². The smallest absolute Gasteiger partial charge is 0.114 e. The molecule has 0 bridgehead atoms. The van der Waals surface area contributed by atoms with Crippen molar-refractivity contribution < 1.29 is 4.84 Å². The molecule has 4 heteroatoms. The van der Waals surface area contributed by atoms with Gasteiger partial charge in [-0.15, -0.1) is 0 Å². The number of nitrogens with zero attached hydrogens (tertiary/aromatic N) is 1. The summed E-state index contributed by atoms with van der Waals surface area (Å²) in [6, 6.07) is 6.07. The first kappa shape index (κ1) is 10.4. The predicted molar refractivity (Wildman–Crippen MR) is 54.5 cm³/mol. The minimum Gasteiger partial charge on any atom is -0.396 e. The fourth-order valence-corrected chi connectivity index (χ4v) is 1.15. The van der Waals surface area contributed by atoms with Crippen molar-refractivity contribution in [1.82, 2.24) is 0 Å². The second-order valence-corrected chi connectivity index (χ2v) is 3.05. The Morgan fingerprint density at radius 3 is 3.00 bits per heavy atom. The van der Waals surface area contributed by atoms with Gasteiger partial charge >= 0.3 is 0 Å². The zero-order valence-corrected chi connectivity index (χ0v) is 8.56. The standard InChI is InChI=1S/C9H8Cl2NO/c1-2-13-12-6-7-3-4-8(10)5-9(7)11/h3,5-6H,2H2,1H3/b12-6+. The molecule has 0 heterocycles. The van der Waals surface area contributed by atoms with Crippen molar-refractivity contribution in [2.45, 2.75) is 6.92 Å². The lowest BCUT2D eigenvalue weighted by molar-refractivity contribution is 0.160. The topological polar surface area (TPSA) is 21.6 Å². The van der Waals surface area contributed by atoms with Crippen molar-refractivity contribution in [1.29, 1.82) is 0 Å². The molecule has 0 fully saturated rings. The van der Waals surface area contributed by atoms with Gasteiger partial charge in [0, 0.05) is 16.7 Å². The molecule has 0 amide bonds. The van der Waals surface area contributed by atoms with Gasteiger partial charge in [-0.05, 0) is 19.1 Å². The maximum absolute atomic E-state index is 5.86. The Morgan fingerprint density at radius 2 is 2.38 bits per heavy atom. The quantitative estimate of drug-likeness (QED) is 0.562. The van der Waals surface area contributed by atoms with E-state index in [9.17, 15) is 0 Å². The summed E-state index contributed by atoms with van der Waals surface area (Å²) < 4.78 is 0. The van der Waals surface area contributed by atoms with Gasteiger partial charge in [0.05, 0.1) is 11.2 Å². The van der Waals surface area contributed by atoms with Crippen LogP contribution in [0.15, 0.2) is 17.3 Å². The fourth-order valence-electron chi connectivity index (χ4n) is 0.719. The van der Waals surface area contributed by atoms with E-state index in [1.165, 1.54) is 6.21 Å². The average molecular weight is 217 g/mol. The van der Waals surface area contributed by atoms with Crippen LogP contribution < -0.4 is 0 Å². The van der Waals surface area contributed by atoms with Crippen LogP contribution in [0.5, 0.6) is 0 Å². The summed E-state index contributed by atoms with van der Waals surface area (Å²) in [4.78, 5) is 4.79. The van der Waals surface area contributed by atoms with Crippen molar-refractivity contribution >= 4 is 29.4 Å². The van der Waals surface area contributed by atoms with Crippen LogP contribution in [0.3, 0.4) is 0 Å². The molecule has 2 nitrogen and oxygen atoms in total. The predicted octanol–water partition coefficient (Wildman–Crippen LogP) is 3.16. The number of benzene rings is 1. The summed E-state index contributed by atoms with van der Waals surface area (Å²) in [6.07, 6.45) is 1.53. The second kappa shape index (κ2) is 5.10. The molecule has 1 aromatic carbocycles. The molecular formula is C9H8Cl2NO. The Hall–Kier alpha value is -0.730. The molecule has 1 radical (unpaired) electrons. The number of oxime groups is 1. The average Bonchev–Trinajstić information content (AvgIpc) is 2.09. The summed E-state index contributed by atoms with van der Waals surface area (Å²) >= 11 is 11.5. The minimum absolute atomic E-state index is 0.485. The first-order chi connectivity index (χ1) is 6.24. The lowest BCUT2D eigenvalue weighted by Crippen LogP contribution is -1.85. The first-order valence-corrected chi connectivity index (χ1v) is 4.51. The van der Waals surface area contributed by atoms with E-state index in [0.717, 1.165) is 5.56 Å². The van der Waals surface area contributed by atoms with Crippen molar-refractivity contribution in [2.75, 3.05) is 6.61 Å². The van der Waals surface area contributed by atoms with Gasteiger partial charge in [0.15, 0.2) is 0 Å². The van der Waals surface area contributed by atoms with Gasteiger partial charge in [-0.2, -0.15) is 0 Å². The molecule has 13 heavy (non-hydrogen) atoms. The van der Waals surface area contributed by atoms with E-state index < -0.39 is 0 Å². The van der Waals surface area contributed by atoms with E-state index in [1.807, 2.05) is 6.92 Å². The molecular weight excluding hydrogens is 209 g/mol. The zero-order valence-electron chi connectivity index (χ0n) is 7.05. The highest BCUT2D eigenvalue weighted by Gasteiger charge is 1.97. The highest BCUT2D eigenvalue weighted by molar-refractivity contribution is 6.36.